The predicted octanol–water partition coefficient (Wildman–Crippen LogP) is 3.14. The first-order chi connectivity index (χ1) is 9.63. The van der Waals surface area contributed by atoms with Crippen LogP contribution in [0.2, 0.25) is 5.02 Å². The molecule has 1 N–H and O–H groups in total. The zero-order chi connectivity index (χ0) is 14.5. The number of anilines is 2. The third-order valence-corrected chi connectivity index (χ3v) is 2.78. The summed E-state index contributed by atoms with van der Waals surface area (Å²) in [7, 11) is 1.31. The number of hydrogen-bond acceptors (Lipinski definition) is 5. The third-order valence-electron chi connectivity index (χ3n) is 2.55. The fourth-order valence-corrected chi connectivity index (χ4v) is 1.77. The number of carbonyl (C=O) groups excluding carboxylic acids is 1. The predicted molar refractivity (Wildman–Crippen MR) is 75.0 cm³/mol. The minimum absolute atomic E-state index is 0.366. The first kappa shape index (κ1) is 13.8. The van der Waals surface area contributed by atoms with Crippen LogP contribution in [0.25, 0.3) is 0 Å². The first-order valence-electron chi connectivity index (χ1n) is 5.65. The number of methoxy groups -OCH3 is 1. The van der Waals surface area contributed by atoms with E-state index in [-0.39, 0.29) is 0 Å². The Morgan fingerprint density at radius 3 is 2.90 bits per heavy atom. The van der Waals surface area contributed by atoms with Gasteiger partial charge < -0.3 is 10.1 Å². The van der Waals surface area contributed by atoms with Gasteiger partial charge in [0, 0.05) is 11.2 Å². The summed E-state index contributed by atoms with van der Waals surface area (Å²) < 4.78 is 4.64. The second-order valence-corrected chi connectivity index (χ2v) is 4.28. The lowest BCUT2D eigenvalue weighted by Gasteiger charge is -2.08. The molecule has 0 radical (unpaired) electrons. The minimum Gasteiger partial charge on any atom is -0.465 e. The lowest BCUT2D eigenvalue weighted by atomic mass is 10.2. The van der Waals surface area contributed by atoms with E-state index in [0.29, 0.717) is 27.7 Å². The fraction of sp³-hybridized carbons (Fsp3) is 0.0714. The van der Waals surface area contributed by atoms with E-state index in [9.17, 15) is 4.79 Å². The average Bonchev–Trinajstić information content (AvgIpc) is 2.47. The van der Waals surface area contributed by atoms with Gasteiger partial charge in [0.15, 0.2) is 0 Å². The van der Waals surface area contributed by atoms with Gasteiger partial charge in [-0.2, -0.15) is 5.26 Å². The third kappa shape index (κ3) is 3.05. The SMILES string of the molecule is COC(=O)c1ccnc(Nc2cc(Cl)ccc2C#N)c1. The number of rotatable bonds is 3. The molecule has 1 heterocycles. The van der Waals surface area contributed by atoms with Crippen molar-refractivity contribution in [3.8, 4) is 6.07 Å². The highest BCUT2D eigenvalue weighted by Gasteiger charge is 2.08. The number of nitrogens with zero attached hydrogens (tertiary/aromatic N) is 2. The second-order valence-electron chi connectivity index (χ2n) is 3.85. The number of pyridine rings is 1. The van der Waals surface area contributed by atoms with Gasteiger partial charge in [-0.15, -0.1) is 0 Å². The number of esters is 1. The van der Waals surface area contributed by atoms with Gasteiger partial charge in [-0.3, -0.25) is 0 Å². The van der Waals surface area contributed by atoms with Crippen molar-refractivity contribution in [1.82, 2.24) is 4.98 Å². The molecule has 100 valence electrons. The van der Waals surface area contributed by atoms with Crippen molar-refractivity contribution in [3.05, 3.63) is 52.7 Å². The second kappa shape index (κ2) is 6.04. The zero-order valence-electron chi connectivity index (χ0n) is 10.6. The van der Waals surface area contributed by atoms with Gasteiger partial charge in [-0.25, -0.2) is 9.78 Å². The van der Waals surface area contributed by atoms with Crippen LogP contribution in [0, 0.1) is 11.3 Å². The summed E-state index contributed by atoms with van der Waals surface area (Å²) in [6.07, 6.45) is 1.48. The average molecular weight is 288 g/mol. The van der Waals surface area contributed by atoms with Crippen molar-refractivity contribution in [2.45, 2.75) is 0 Å². The van der Waals surface area contributed by atoms with Gasteiger partial charge in [0.25, 0.3) is 0 Å². The molecule has 0 aliphatic rings. The smallest absolute Gasteiger partial charge is 0.338 e. The maximum Gasteiger partial charge on any atom is 0.338 e. The van der Waals surface area contributed by atoms with Crippen molar-refractivity contribution in [2.75, 3.05) is 12.4 Å². The molecule has 0 spiro atoms. The number of aromatic nitrogens is 1. The molecule has 0 unspecified atom stereocenters. The van der Waals surface area contributed by atoms with Gasteiger partial charge >= 0.3 is 5.97 Å². The zero-order valence-corrected chi connectivity index (χ0v) is 11.3. The Bertz CT molecular complexity index is 695. The van der Waals surface area contributed by atoms with E-state index in [1.54, 1.807) is 24.3 Å². The van der Waals surface area contributed by atoms with Crippen LogP contribution >= 0.6 is 11.6 Å². The van der Waals surface area contributed by atoms with Crippen molar-refractivity contribution in [2.24, 2.45) is 0 Å². The molecule has 0 fully saturated rings. The van der Waals surface area contributed by atoms with Crippen LogP contribution in [0.1, 0.15) is 15.9 Å². The minimum atomic E-state index is -0.456. The largest absolute Gasteiger partial charge is 0.465 e. The summed E-state index contributed by atoms with van der Waals surface area (Å²) in [4.78, 5) is 15.5. The number of ether oxygens (including phenoxy) is 1. The highest BCUT2D eigenvalue weighted by Crippen LogP contribution is 2.23. The van der Waals surface area contributed by atoms with Crippen molar-refractivity contribution < 1.29 is 9.53 Å². The molecule has 0 atom stereocenters. The Morgan fingerprint density at radius 1 is 1.40 bits per heavy atom. The Hall–Kier alpha value is -2.58. The molecule has 6 heteroatoms. The van der Waals surface area contributed by atoms with Crippen LogP contribution in [0.5, 0.6) is 0 Å². The number of carbonyl (C=O) groups is 1. The van der Waals surface area contributed by atoms with E-state index in [1.807, 2.05) is 0 Å². The summed E-state index contributed by atoms with van der Waals surface area (Å²) in [6.45, 7) is 0. The normalized spacial score (nSPS) is 9.65. The lowest BCUT2D eigenvalue weighted by Crippen LogP contribution is -2.03. The van der Waals surface area contributed by atoms with Crippen LogP contribution in [-0.2, 0) is 4.74 Å². The Balaban J connectivity index is 2.33. The van der Waals surface area contributed by atoms with Crippen LogP contribution in [0.15, 0.2) is 36.5 Å². The quantitative estimate of drug-likeness (QED) is 0.878. The highest BCUT2D eigenvalue weighted by molar-refractivity contribution is 6.30. The van der Waals surface area contributed by atoms with E-state index < -0.39 is 5.97 Å². The van der Waals surface area contributed by atoms with Crippen LogP contribution < -0.4 is 5.32 Å². The molecule has 5 nitrogen and oxygen atoms in total. The van der Waals surface area contributed by atoms with Gasteiger partial charge in [-0.1, -0.05) is 11.6 Å². The first-order valence-corrected chi connectivity index (χ1v) is 6.03. The number of halogens is 1. The highest BCUT2D eigenvalue weighted by atomic mass is 35.5. The Kier molecular flexibility index (Phi) is 4.18. The molecule has 1 aromatic carbocycles. The number of nitrogens with one attached hydrogen (secondary N) is 1. The Labute approximate surface area is 120 Å². The summed E-state index contributed by atoms with van der Waals surface area (Å²) in [6, 6.07) is 9.98. The topological polar surface area (TPSA) is 75.0 Å². The maximum atomic E-state index is 11.4. The van der Waals surface area contributed by atoms with Gasteiger partial charge in [0.05, 0.1) is 23.9 Å². The van der Waals surface area contributed by atoms with E-state index in [4.69, 9.17) is 16.9 Å². The molecular weight excluding hydrogens is 278 g/mol. The van der Waals surface area contributed by atoms with Gasteiger partial charge in [0.1, 0.15) is 11.9 Å². The molecule has 0 bridgehead atoms. The van der Waals surface area contributed by atoms with Crippen molar-refractivity contribution >= 4 is 29.1 Å². The Morgan fingerprint density at radius 2 is 2.20 bits per heavy atom. The monoisotopic (exact) mass is 287 g/mol. The molecule has 2 aromatic rings. The maximum absolute atomic E-state index is 11.4. The summed E-state index contributed by atoms with van der Waals surface area (Å²) in [5.41, 5.74) is 1.32. The molecule has 0 amide bonds. The van der Waals surface area contributed by atoms with E-state index in [0.717, 1.165) is 0 Å². The summed E-state index contributed by atoms with van der Waals surface area (Å²) in [5.74, 6) is -0.0336. The van der Waals surface area contributed by atoms with E-state index in [2.05, 4.69) is 21.1 Å². The molecule has 0 saturated heterocycles. The molecule has 1 aromatic heterocycles. The van der Waals surface area contributed by atoms with E-state index >= 15 is 0 Å². The molecule has 0 saturated carbocycles. The molecular formula is C14H10ClN3O2. The van der Waals surface area contributed by atoms with Gasteiger partial charge in [-0.05, 0) is 30.3 Å². The lowest BCUT2D eigenvalue weighted by molar-refractivity contribution is 0.0600. The number of hydrogen-bond donors (Lipinski definition) is 1. The van der Waals surface area contributed by atoms with Crippen molar-refractivity contribution in [3.63, 3.8) is 0 Å². The van der Waals surface area contributed by atoms with Crippen LogP contribution in [-0.4, -0.2) is 18.1 Å². The summed E-state index contributed by atoms with van der Waals surface area (Å²) >= 11 is 5.90. The number of benzene rings is 1. The molecule has 0 aliphatic carbocycles. The molecule has 20 heavy (non-hydrogen) atoms. The van der Waals surface area contributed by atoms with E-state index in [1.165, 1.54) is 19.4 Å². The molecule has 0 aliphatic heterocycles. The standard InChI is InChI=1S/C14H10ClN3O2/c1-20-14(19)9-4-5-17-13(6-9)18-12-7-11(15)3-2-10(12)8-16/h2-7H,1H3,(H,17,18). The fourth-order valence-electron chi connectivity index (χ4n) is 1.60. The van der Waals surface area contributed by atoms with Crippen LogP contribution in [0.4, 0.5) is 11.5 Å². The summed E-state index contributed by atoms with van der Waals surface area (Å²) in [5, 5.41) is 12.5. The van der Waals surface area contributed by atoms with Crippen molar-refractivity contribution in [1.29, 1.82) is 5.26 Å². The van der Waals surface area contributed by atoms with Crippen LogP contribution in [0.3, 0.4) is 0 Å². The number of nitriles is 1. The molecule has 2 rings (SSSR count). The van der Waals surface area contributed by atoms with Gasteiger partial charge in [0.2, 0.25) is 0 Å².